The number of hydrogen-bond donors (Lipinski definition) is 0. The van der Waals surface area contributed by atoms with Crippen molar-refractivity contribution in [1.29, 1.82) is 0 Å². The Bertz CT molecular complexity index is 610. The maximum Gasteiger partial charge on any atom is 0.198 e. The van der Waals surface area contributed by atoms with E-state index in [-0.39, 0.29) is 17.1 Å². The van der Waals surface area contributed by atoms with Gasteiger partial charge in [0.15, 0.2) is 17.3 Å². The lowest BCUT2D eigenvalue weighted by molar-refractivity contribution is 0.103. The van der Waals surface area contributed by atoms with E-state index in [0.717, 1.165) is 3.79 Å². The molecule has 0 unspecified atom stereocenters. The molecule has 18 heavy (non-hydrogen) atoms. The monoisotopic (exact) mass is 392 g/mol. The summed E-state index contributed by atoms with van der Waals surface area (Å²) in [5.41, 5.74) is 0.430. The summed E-state index contributed by atoms with van der Waals surface area (Å²) < 4.78 is 20.3. The predicted octanol–water partition coefficient (Wildman–Crippen LogP) is 4.65. The number of methoxy groups -OCH3 is 1. The van der Waals surface area contributed by atoms with Gasteiger partial charge in [-0.25, -0.2) is 4.39 Å². The van der Waals surface area contributed by atoms with Crippen LogP contribution in [-0.4, -0.2) is 12.9 Å². The van der Waals surface area contributed by atoms with Crippen LogP contribution in [-0.2, 0) is 0 Å². The normalized spacial score (nSPS) is 10.4. The van der Waals surface area contributed by atoms with Gasteiger partial charge in [0.1, 0.15) is 0 Å². The molecule has 0 amide bonds. The van der Waals surface area contributed by atoms with Crippen LogP contribution < -0.4 is 4.74 Å². The highest BCUT2D eigenvalue weighted by Gasteiger charge is 2.20. The molecule has 0 atom stereocenters. The third kappa shape index (κ3) is 2.50. The fourth-order valence-corrected chi connectivity index (χ4v) is 4.28. The molecule has 1 aromatic heterocycles. The Balaban J connectivity index is 2.50. The summed E-state index contributed by atoms with van der Waals surface area (Å²) in [7, 11) is 1.36. The van der Waals surface area contributed by atoms with E-state index >= 15 is 0 Å². The van der Waals surface area contributed by atoms with Crippen LogP contribution in [0.5, 0.6) is 5.75 Å². The van der Waals surface area contributed by atoms with Gasteiger partial charge in [-0.3, -0.25) is 4.79 Å². The lowest BCUT2D eigenvalue weighted by atomic mass is 10.1. The van der Waals surface area contributed by atoms with Gasteiger partial charge in [-0.2, -0.15) is 0 Å². The molecule has 0 saturated carbocycles. The molecule has 1 aromatic carbocycles. The van der Waals surface area contributed by atoms with Crippen LogP contribution in [0.4, 0.5) is 4.39 Å². The van der Waals surface area contributed by atoms with Crippen LogP contribution in [0.25, 0.3) is 0 Å². The molecule has 0 bridgehead atoms. The molecule has 0 N–H and O–H groups in total. The van der Waals surface area contributed by atoms with Crippen molar-refractivity contribution in [2.24, 2.45) is 0 Å². The van der Waals surface area contributed by atoms with E-state index in [1.165, 1.54) is 30.6 Å². The third-order valence-electron chi connectivity index (χ3n) is 2.33. The molecule has 0 fully saturated rings. The van der Waals surface area contributed by atoms with Crippen molar-refractivity contribution < 1.29 is 13.9 Å². The van der Waals surface area contributed by atoms with Crippen molar-refractivity contribution in [3.05, 3.63) is 48.8 Å². The average Bonchev–Trinajstić information content (AvgIpc) is 2.68. The average molecular weight is 394 g/mol. The fourth-order valence-electron chi connectivity index (χ4n) is 1.48. The molecule has 2 nitrogen and oxygen atoms in total. The molecule has 0 aliphatic carbocycles. The van der Waals surface area contributed by atoms with Gasteiger partial charge < -0.3 is 4.74 Å². The van der Waals surface area contributed by atoms with Crippen LogP contribution in [0.1, 0.15) is 15.9 Å². The second-order valence-electron chi connectivity index (χ2n) is 3.39. The van der Waals surface area contributed by atoms with Gasteiger partial charge in [0.25, 0.3) is 0 Å². The van der Waals surface area contributed by atoms with E-state index in [1.807, 2.05) is 0 Å². The first-order valence-corrected chi connectivity index (χ1v) is 7.27. The van der Waals surface area contributed by atoms with Gasteiger partial charge in [0.2, 0.25) is 0 Å². The second kappa shape index (κ2) is 5.50. The summed E-state index contributed by atoms with van der Waals surface area (Å²) in [5.74, 6) is -0.953. The van der Waals surface area contributed by atoms with Gasteiger partial charge in [-0.15, -0.1) is 11.3 Å². The largest absolute Gasteiger partial charge is 0.494 e. The molecule has 2 rings (SSSR count). The Kier molecular flexibility index (Phi) is 4.19. The zero-order chi connectivity index (χ0) is 13.3. The lowest BCUT2D eigenvalue weighted by Crippen LogP contribution is -2.05. The maximum atomic E-state index is 14.0. The number of hydrogen-bond acceptors (Lipinski definition) is 3. The van der Waals surface area contributed by atoms with Crippen molar-refractivity contribution in [1.82, 2.24) is 0 Å². The molecule has 6 heteroatoms. The second-order valence-corrected chi connectivity index (χ2v) is 7.14. The molecule has 2 aromatic rings. The Morgan fingerprint density at radius 2 is 2.06 bits per heavy atom. The zero-order valence-corrected chi connectivity index (χ0v) is 13.2. The van der Waals surface area contributed by atoms with E-state index in [2.05, 4.69) is 31.9 Å². The summed E-state index contributed by atoms with van der Waals surface area (Å²) in [6, 6.07) is 6.17. The molecule has 0 radical (unpaired) electrons. The number of halogens is 3. The Morgan fingerprint density at radius 1 is 1.33 bits per heavy atom. The number of carbonyl (C=O) groups is 1. The summed E-state index contributed by atoms with van der Waals surface area (Å²) in [6.07, 6.45) is 0. The van der Waals surface area contributed by atoms with Crippen LogP contribution in [0, 0.1) is 5.82 Å². The first kappa shape index (κ1) is 13.7. The number of carbonyl (C=O) groups excluding carboxylic acids is 1. The minimum Gasteiger partial charge on any atom is -0.494 e. The van der Waals surface area contributed by atoms with E-state index < -0.39 is 5.82 Å². The molecule has 1 heterocycles. The minimum atomic E-state index is -0.640. The van der Waals surface area contributed by atoms with Gasteiger partial charge >= 0.3 is 0 Å². The predicted molar refractivity (Wildman–Crippen MR) is 76.1 cm³/mol. The highest BCUT2D eigenvalue weighted by molar-refractivity contribution is 9.12. The number of ether oxygens (including phenoxy) is 1. The highest BCUT2D eigenvalue weighted by atomic mass is 79.9. The lowest BCUT2D eigenvalue weighted by Gasteiger charge is -2.05. The zero-order valence-electron chi connectivity index (χ0n) is 9.17. The van der Waals surface area contributed by atoms with Crippen molar-refractivity contribution >= 4 is 49.0 Å². The molecule has 0 aliphatic heterocycles. The standard InChI is InChI=1S/C12H7Br2FO2S/c1-17-8-4-2-3-6(10(8)15)11(16)7-5-9(13)18-12(7)14/h2-5H,1H3. The van der Waals surface area contributed by atoms with Gasteiger partial charge in [0, 0.05) is 5.56 Å². The highest BCUT2D eigenvalue weighted by Crippen LogP contribution is 2.34. The first-order valence-electron chi connectivity index (χ1n) is 4.86. The third-order valence-corrected chi connectivity index (χ3v) is 4.67. The van der Waals surface area contributed by atoms with Gasteiger partial charge in [0.05, 0.1) is 20.2 Å². The van der Waals surface area contributed by atoms with Crippen molar-refractivity contribution in [3.8, 4) is 5.75 Å². The summed E-state index contributed by atoms with van der Waals surface area (Å²) in [4.78, 5) is 12.2. The summed E-state index contributed by atoms with van der Waals surface area (Å²) >= 11 is 7.94. The maximum absolute atomic E-state index is 14.0. The minimum absolute atomic E-state index is 0.000324. The first-order chi connectivity index (χ1) is 8.54. The van der Waals surface area contributed by atoms with Crippen LogP contribution in [0.3, 0.4) is 0 Å². The van der Waals surface area contributed by atoms with Gasteiger partial charge in [-0.1, -0.05) is 6.07 Å². The summed E-state index contributed by atoms with van der Waals surface area (Å²) in [6.45, 7) is 0. The molecule has 94 valence electrons. The Labute approximate surface area is 124 Å². The quantitative estimate of drug-likeness (QED) is 0.709. The number of rotatable bonds is 3. The molecule has 0 spiro atoms. The summed E-state index contributed by atoms with van der Waals surface area (Å²) in [5, 5.41) is 0. The molecular formula is C12H7Br2FO2S. The van der Waals surface area contributed by atoms with Crippen LogP contribution in [0.15, 0.2) is 31.8 Å². The smallest absolute Gasteiger partial charge is 0.198 e. The van der Waals surface area contributed by atoms with E-state index in [0.29, 0.717) is 9.35 Å². The van der Waals surface area contributed by atoms with Gasteiger partial charge in [-0.05, 0) is 50.1 Å². The Hall–Kier alpha value is -0.720. The number of benzene rings is 1. The van der Waals surface area contributed by atoms with Crippen LogP contribution >= 0.6 is 43.2 Å². The van der Waals surface area contributed by atoms with Crippen molar-refractivity contribution in [3.63, 3.8) is 0 Å². The Morgan fingerprint density at radius 3 is 2.61 bits per heavy atom. The number of ketones is 1. The molecule has 0 aliphatic rings. The van der Waals surface area contributed by atoms with E-state index in [9.17, 15) is 9.18 Å². The molecular weight excluding hydrogens is 387 g/mol. The number of thiophene rings is 1. The van der Waals surface area contributed by atoms with Crippen molar-refractivity contribution in [2.45, 2.75) is 0 Å². The van der Waals surface area contributed by atoms with Crippen molar-refractivity contribution in [2.75, 3.05) is 7.11 Å². The van der Waals surface area contributed by atoms with E-state index in [4.69, 9.17) is 4.74 Å². The SMILES string of the molecule is COc1cccc(C(=O)c2cc(Br)sc2Br)c1F. The topological polar surface area (TPSA) is 26.3 Å². The molecule has 0 saturated heterocycles. The van der Waals surface area contributed by atoms with Crippen LogP contribution in [0.2, 0.25) is 0 Å². The fraction of sp³-hybridized carbons (Fsp3) is 0.0833. The van der Waals surface area contributed by atoms with E-state index in [1.54, 1.807) is 12.1 Å².